The molecule has 1 aromatic heterocycles. The van der Waals surface area contributed by atoms with Crippen molar-refractivity contribution in [1.82, 2.24) is 24.1 Å². The van der Waals surface area contributed by atoms with E-state index in [0.29, 0.717) is 26.2 Å². The molecule has 3 aliphatic heterocycles. The fraction of sp³-hybridized carbons (Fsp3) is 0.769. The van der Waals surface area contributed by atoms with Crippen molar-refractivity contribution in [3.8, 4) is 0 Å². The minimum absolute atomic E-state index is 0.0789. The maximum atomic E-state index is 13.3. The van der Waals surface area contributed by atoms with Crippen LogP contribution in [0.2, 0.25) is 13.1 Å². The molecule has 1 aromatic rings. The fourth-order valence-corrected chi connectivity index (χ4v) is 7.74. The average molecular weight is 549 g/mol. The molecule has 11 nitrogen and oxygen atoms in total. The normalized spacial score (nSPS) is 25.2. The van der Waals surface area contributed by atoms with Crippen LogP contribution < -0.4 is 0 Å². The van der Waals surface area contributed by atoms with Crippen molar-refractivity contribution >= 4 is 26.5 Å². The zero-order valence-corrected chi connectivity index (χ0v) is 24.8. The van der Waals surface area contributed by atoms with E-state index in [1.165, 1.54) is 10.9 Å². The van der Waals surface area contributed by atoms with Gasteiger partial charge in [0.15, 0.2) is 5.90 Å². The van der Waals surface area contributed by atoms with E-state index in [1.54, 1.807) is 22.4 Å². The van der Waals surface area contributed by atoms with Gasteiger partial charge in [-0.3, -0.25) is 19.0 Å². The molecule has 0 aromatic carbocycles. The summed E-state index contributed by atoms with van der Waals surface area (Å²) in [6.07, 6.45) is 9.64. The average Bonchev–Trinajstić information content (AvgIpc) is 3.48. The first-order valence-corrected chi connectivity index (χ1v) is 16.8. The Kier molecular flexibility index (Phi) is 8.83. The number of fused-ring (bicyclic) bond motifs is 1. The highest BCUT2D eigenvalue weighted by molar-refractivity contribution is 6.71. The molecule has 4 rings (SSSR count). The first-order chi connectivity index (χ1) is 18.0. The molecule has 212 valence electrons. The fourth-order valence-electron chi connectivity index (χ4n) is 5.28. The number of aromatic nitrogens is 2. The zero-order valence-electron chi connectivity index (χ0n) is 23.8. The number of aliphatic imine (C=N–C) groups is 1. The zero-order chi connectivity index (χ0) is 27.5. The summed E-state index contributed by atoms with van der Waals surface area (Å²) in [6, 6.07) is -0.0439. The molecule has 3 saturated heterocycles. The second kappa shape index (κ2) is 11.7. The molecular weight excluding hydrogens is 504 g/mol. The molecule has 2 amide bonds. The third-order valence-corrected chi connectivity index (χ3v) is 9.87. The van der Waals surface area contributed by atoms with Crippen molar-refractivity contribution in [1.29, 1.82) is 0 Å². The van der Waals surface area contributed by atoms with Gasteiger partial charge in [0.25, 0.3) is 0 Å². The Morgan fingerprint density at radius 1 is 1.21 bits per heavy atom. The topological polar surface area (TPSA) is 102 Å². The van der Waals surface area contributed by atoms with Crippen LogP contribution in [0.5, 0.6) is 0 Å². The predicted octanol–water partition coefficient (Wildman–Crippen LogP) is 4.25. The summed E-state index contributed by atoms with van der Waals surface area (Å²) < 4.78 is 16.0. The minimum atomic E-state index is -2.23. The molecule has 0 N–H and O–H groups in total. The van der Waals surface area contributed by atoms with Crippen molar-refractivity contribution < 1.29 is 23.6 Å². The lowest BCUT2D eigenvalue weighted by Crippen LogP contribution is -2.59. The van der Waals surface area contributed by atoms with E-state index in [2.05, 4.69) is 29.6 Å². The van der Waals surface area contributed by atoms with Gasteiger partial charge in [0.2, 0.25) is 0 Å². The quantitative estimate of drug-likeness (QED) is 0.298. The van der Waals surface area contributed by atoms with Gasteiger partial charge in [0.1, 0.15) is 11.9 Å². The van der Waals surface area contributed by atoms with E-state index in [-0.39, 0.29) is 30.2 Å². The number of hydrogen-bond donors (Lipinski definition) is 0. The standard InChI is InChI=1S/C26H44N6O5Si/c1-7-8-17-35-32(24(33)30-16-13-27-19-30)21-9-10-22-23(37-38(5,6)31(22)18-21)28-20-11-14-29(15-12-20)25(34)36-26(2,3)4/h13,16,19-22H,7-12,14-15,17-18H2,1-6H3/t21-,22+/m1/s1. The van der Waals surface area contributed by atoms with Gasteiger partial charge in [0.05, 0.1) is 24.7 Å². The highest BCUT2D eigenvalue weighted by Crippen LogP contribution is 2.35. The molecule has 2 atom stereocenters. The Labute approximate surface area is 227 Å². The number of hydroxylamine groups is 2. The lowest BCUT2D eigenvalue weighted by atomic mass is 9.99. The van der Waals surface area contributed by atoms with Crippen molar-refractivity contribution in [2.24, 2.45) is 4.99 Å². The number of likely N-dealkylation sites (tertiary alicyclic amines) is 1. The second-order valence-electron chi connectivity index (χ2n) is 11.9. The van der Waals surface area contributed by atoms with Crippen LogP contribution in [-0.4, -0.2) is 101 Å². The summed E-state index contributed by atoms with van der Waals surface area (Å²) in [5.41, 5.74) is -0.496. The number of amides is 2. The van der Waals surface area contributed by atoms with Crippen molar-refractivity contribution in [3.63, 3.8) is 0 Å². The van der Waals surface area contributed by atoms with Gasteiger partial charge in [-0.25, -0.2) is 14.6 Å². The van der Waals surface area contributed by atoms with Crippen LogP contribution in [-0.2, 0) is 14.0 Å². The van der Waals surface area contributed by atoms with Crippen LogP contribution in [0.4, 0.5) is 9.59 Å². The molecular formula is C26H44N6O5Si. The van der Waals surface area contributed by atoms with E-state index in [1.807, 2.05) is 20.8 Å². The number of hydrogen-bond acceptors (Lipinski definition) is 8. The Balaban J connectivity index is 1.41. The number of carbonyl (C=O) groups is 2. The maximum absolute atomic E-state index is 13.3. The predicted molar refractivity (Wildman–Crippen MR) is 146 cm³/mol. The molecule has 0 saturated carbocycles. The minimum Gasteiger partial charge on any atom is -0.519 e. The van der Waals surface area contributed by atoms with Crippen LogP contribution in [0.15, 0.2) is 23.7 Å². The summed E-state index contributed by atoms with van der Waals surface area (Å²) >= 11 is 0. The van der Waals surface area contributed by atoms with Gasteiger partial charge in [-0.1, -0.05) is 13.3 Å². The van der Waals surface area contributed by atoms with Crippen molar-refractivity contribution in [3.05, 3.63) is 18.7 Å². The lowest BCUT2D eigenvalue weighted by molar-refractivity contribution is -0.153. The molecule has 3 fully saturated rings. The summed E-state index contributed by atoms with van der Waals surface area (Å²) in [6.45, 7) is 14.6. The molecule has 38 heavy (non-hydrogen) atoms. The largest absolute Gasteiger partial charge is 0.519 e. The van der Waals surface area contributed by atoms with Crippen LogP contribution in [0.3, 0.4) is 0 Å². The number of nitrogens with zero attached hydrogens (tertiary/aromatic N) is 6. The van der Waals surface area contributed by atoms with Crippen LogP contribution >= 0.6 is 0 Å². The molecule has 0 bridgehead atoms. The Morgan fingerprint density at radius 3 is 2.58 bits per heavy atom. The van der Waals surface area contributed by atoms with E-state index < -0.39 is 14.1 Å². The monoisotopic (exact) mass is 548 g/mol. The molecule has 12 heteroatoms. The third kappa shape index (κ3) is 6.76. The first kappa shape index (κ1) is 28.6. The summed E-state index contributed by atoms with van der Waals surface area (Å²) in [5, 5.41) is 1.56. The van der Waals surface area contributed by atoms with Gasteiger partial charge >= 0.3 is 20.6 Å². The Bertz CT molecular complexity index is 987. The van der Waals surface area contributed by atoms with Gasteiger partial charge in [-0.2, -0.15) is 5.06 Å². The van der Waals surface area contributed by atoms with E-state index in [9.17, 15) is 9.59 Å². The first-order valence-electron chi connectivity index (χ1n) is 13.9. The molecule has 3 aliphatic rings. The number of unbranched alkanes of at least 4 members (excludes halogenated alkanes) is 1. The number of carbonyl (C=O) groups excluding carboxylic acids is 2. The molecule has 0 spiro atoms. The van der Waals surface area contributed by atoms with Crippen molar-refractivity contribution in [2.45, 2.75) is 103 Å². The SMILES string of the molecule is CCCCON(C(=O)n1ccnc1)[C@@H]1CC[C@H]2C(=NC3CCN(C(=O)OC(C)(C)C)CC3)O[Si](C)(C)N2C1. The Morgan fingerprint density at radius 2 is 1.95 bits per heavy atom. The number of ether oxygens (including phenoxy) is 1. The van der Waals surface area contributed by atoms with Gasteiger partial charge in [-0.15, -0.1) is 0 Å². The van der Waals surface area contributed by atoms with Gasteiger partial charge < -0.3 is 14.1 Å². The summed E-state index contributed by atoms with van der Waals surface area (Å²) in [5.74, 6) is 0.829. The van der Waals surface area contributed by atoms with E-state index >= 15 is 0 Å². The molecule has 0 aliphatic carbocycles. The van der Waals surface area contributed by atoms with E-state index in [4.69, 9.17) is 19.0 Å². The maximum Gasteiger partial charge on any atom is 0.410 e. The lowest BCUT2D eigenvalue weighted by Gasteiger charge is -2.41. The summed E-state index contributed by atoms with van der Waals surface area (Å²) in [4.78, 5) is 42.6. The number of piperidine rings is 2. The van der Waals surface area contributed by atoms with Crippen LogP contribution in [0.25, 0.3) is 0 Å². The van der Waals surface area contributed by atoms with Crippen LogP contribution in [0.1, 0.15) is 66.2 Å². The smallest absolute Gasteiger partial charge is 0.410 e. The second-order valence-corrected chi connectivity index (χ2v) is 15.6. The molecule has 0 unspecified atom stereocenters. The highest BCUT2D eigenvalue weighted by Gasteiger charge is 2.52. The van der Waals surface area contributed by atoms with E-state index in [0.717, 1.165) is 44.4 Å². The Hall–Kier alpha value is -2.44. The number of rotatable bonds is 6. The highest BCUT2D eigenvalue weighted by atomic mass is 28.4. The van der Waals surface area contributed by atoms with Gasteiger partial charge in [0, 0.05) is 32.0 Å². The molecule has 4 heterocycles. The summed E-state index contributed by atoms with van der Waals surface area (Å²) in [7, 11) is -2.23. The molecule has 0 radical (unpaired) electrons. The van der Waals surface area contributed by atoms with Gasteiger partial charge in [-0.05, 0) is 66.0 Å². The van der Waals surface area contributed by atoms with Crippen LogP contribution in [0, 0.1) is 0 Å². The van der Waals surface area contributed by atoms with Crippen molar-refractivity contribution in [2.75, 3.05) is 26.2 Å². The third-order valence-electron chi connectivity index (χ3n) is 7.29. The number of imidazole rings is 1.